The second-order valence-corrected chi connectivity index (χ2v) is 6.67. The molecule has 0 aliphatic carbocycles. The Morgan fingerprint density at radius 2 is 1.96 bits per heavy atom. The molecule has 1 aromatic carbocycles. The van der Waals surface area contributed by atoms with Gasteiger partial charge in [-0.05, 0) is 17.9 Å². The smallest absolute Gasteiger partial charge is 0.254 e. The molecule has 1 atom stereocenters. The molecule has 0 radical (unpaired) electrons. The van der Waals surface area contributed by atoms with E-state index in [4.69, 9.17) is 9.47 Å². The van der Waals surface area contributed by atoms with Crippen molar-refractivity contribution in [2.75, 3.05) is 39.3 Å². The highest BCUT2D eigenvalue weighted by molar-refractivity contribution is 7.08. The van der Waals surface area contributed by atoms with Crippen LogP contribution in [0, 0.1) is 0 Å². The van der Waals surface area contributed by atoms with Gasteiger partial charge in [0.1, 0.15) is 11.5 Å². The summed E-state index contributed by atoms with van der Waals surface area (Å²) in [6.45, 7) is 1.71. The zero-order valence-electron chi connectivity index (χ0n) is 14.2. The fourth-order valence-electron chi connectivity index (χ4n) is 3.02. The van der Waals surface area contributed by atoms with Gasteiger partial charge in [-0.1, -0.05) is 0 Å². The average molecular weight is 346 g/mol. The van der Waals surface area contributed by atoms with Crippen LogP contribution in [0.4, 0.5) is 5.69 Å². The van der Waals surface area contributed by atoms with Gasteiger partial charge in [0.05, 0.1) is 25.8 Å². The standard InChI is InChI=1S/C18H22N2O3S/c1-19(18(21)13-5-7-24-12-13)14-4-6-20(11-14)15-8-16(22-2)10-17(9-15)23-3/h5,7-10,12,14H,4,6,11H2,1-3H3. The summed E-state index contributed by atoms with van der Waals surface area (Å²) >= 11 is 1.55. The van der Waals surface area contributed by atoms with Gasteiger partial charge in [0.15, 0.2) is 0 Å². The van der Waals surface area contributed by atoms with Crippen LogP contribution in [0.1, 0.15) is 16.8 Å². The molecule has 0 saturated carbocycles. The third-order valence-electron chi connectivity index (χ3n) is 4.50. The van der Waals surface area contributed by atoms with Gasteiger partial charge >= 0.3 is 0 Å². The largest absolute Gasteiger partial charge is 0.497 e. The molecule has 128 valence electrons. The van der Waals surface area contributed by atoms with E-state index in [1.807, 2.05) is 47.0 Å². The van der Waals surface area contributed by atoms with Gasteiger partial charge < -0.3 is 19.3 Å². The van der Waals surface area contributed by atoms with Gasteiger partial charge in [-0.2, -0.15) is 11.3 Å². The van der Waals surface area contributed by atoms with Gasteiger partial charge in [-0.15, -0.1) is 0 Å². The predicted molar refractivity (Wildman–Crippen MR) is 96.6 cm³/mol. The Morgan fingerprint density at radius 1 is 1.25 bits per heavy atom. The molecule has 1 saturated heterocycles. The van der Waals surface area contributed by atoms with Crippen molar-refractivity contribution in [2.24, 2.45) is 0 Å². The van der Waals surface area contributed by atoms with Crippen LogP contribution in [0.5, 0.6) is 11.5 Å². The summed E-state index contributed by atoms with van der Waals surface area (Å²) in [5.41, 5.74) is 1.83. The molecule has 1 aromatic heterocycles. The van der Waals surface area contributed by atoms with E-state index in [9.17, 15) is 4.79 Å². The number of thiophene rings is 1. The number of nitrogens with zero attached hydrogens (tertiary/aromatic N) is 2. The molecular formula is C18H22N2O3S. The highest BCUT2D eigenvalue weighted by atomic mass is 32.1. The maximum atomic E-state index is 12.5. The first-order chi connectivity index (χ1) is 11.6. The fourth-order valence-corrected chi connectivity index (χ4v) is 3.65. The first kappa shape index (κ1) is 16.6. The molecule has 1 amide bonds. The Kier molecular flexibility index (Phi) is 4.94. The van der Waals surface area contributed by atoms with Gasteiger partial charge in [0.2, 0.25) is 0 Å². The van der Waals surface area contributed by atoms with Crippen molar-refractivity contribution in [3.8, 4) is 11.5 Å². The maximum absolute atomic E-state index is 12.5. The molecule has 0 N–H and O–H groups in total. The van der Waals surface area contributed by atoms with Crippen LogP contribution in [0.3, 0.4) is 0 Å². The van der Waals surface area contributed by atoms with Crippen molar-refractivity contribution in [3.05, 3.63) is 40.6 Å². The molecule has 2 aromatic rings. The third-order valence-corrected chi connectivity index (χ3v) is 5.18. The fraction of sp³-hybridized carbons (Fsp3) is 0.389. The van der Waals surface area contributed by atoms with E-state index in [-0.39, 0.29) is 11.9 Å². The number of ether oxygens (including phenoxy) is 2. The lowest BCUT2D eigenvalue weighted by molar-refractivity contribution is 0.0745. The lowest BCUT2D eigenvalue weighted by Gasteiger charge is -2.25. The molecule has 1 aliphatic rings. The van der Waals surface area contributed by atoms with Gasteiger partial charge in [0, 0.05) is 49.4 Å². The van der Waals surface area contributed by atoms with Crippen molar-refractivity contribution in [2.45, 2.75) is 12.5 Å². The first-order valence-corrected chi connectivity index (χ1v) is 8.84. The lowest BCUT2D eigenvalue weighted by atomic mass is 10.2. The summed E-state index contributed by atoms with van der Waals surface area (Å²) in [6, 6.07) is 7.96. The minimum Gasteiger partial charge on any atom is -0.497 e. The summed E-state index contributed by atoms with van der Waals surface area (Å²) < 4.78 is 10.7. The quantitative estimate of drug-likeness (QED) is 0.834. The van der Waals surface area contributed by atoms with Crippen LogP contribution in [-0.2, 0) is 0 Å². The third kappa shape index (κ3) is 3.33. The molecular weight excluding hydrogens is 324 g/mol. The number of methoxy groups -OCH3 is 2. The summed E-state index contributed by atoms with van der Waals surface area (Å²) in [5, 5.41) is 3.84. The number of carbonyl (C=O) groups excluding carboxylic acids is 1. The van der Waals surface area contributed by atoms with Gasteiger partial charge in [0.25, 0.3) is 5.91 Å². The number of hydrogen-bond acceptors (Lipinski definition) is 5. The van der Waals surface area contributed by atoms with Gasteiger partial charge in [-0.25, -0.2) is 0 Å². The molecule has 2 heterocycles. The summed E-state index contributed by atoms with van der Waals surface area (Å²) in [7, 11) is 5.19. The molecule has 1 unspecified atom stereocenters. The van der Waals surface area contributed by atoms with E-state index in [2.05, 4.69) is 4.90 Å². The van der Waals surface area contributed by atoms with E-state index in [0.717, 1.165) is 42.3 Å². The van der Waals surface area contributed by atoms with E-state index in [0.29, 0.717) is 0 Å². The van der Waals surface area contributed by atoms with Gasteiger partial charge in [-0.3, -0.25) is 4.79 Å². The minimum absolute atomic E-state index is 0.0892. The molecule has 5 nitrogen and oxygen atoms in total. The Labute approximate surface area is 146 Å². The van der Waals surface area contributed by atoms with Crippen LogP contribution in [0.25, 0.3) is 0 Å². The Morgan fingerprint density at radius 3 is 2.54 bits per heavy atom. The van der Waals surface area contributed by atoms with Crippen LogP contribution >= 0.6 is 11.3 Å². The van der Waals surface area contributed by atoms with E-state index in [1.54, 1.807) is 25.6 Å². The molecule has 0 bridgehead atoms. The second kappa shape index (κ2) is 7.13. The van der Waals surface area contributed by atoms with Crippen molar-refractivity contribution in [1.82, 2.24) is 4.90 Å². The normalized spacial score (nSPS) is 17.0. The van der Waals surface area contributed by atoms with Crippen LogP contribution in [0.2, 0.25) is 0 Å². The Hall–Kier alpha value is -2.21. The minimum atomic E-state index is 0.0892. The SMILES string of the molecule is COc1cc(OC)cc(N2CCC(N(C)C(=O)c3ccsc3)C2)c1. The van der Waals surface area contributed by atoms with Crippen LogP contribution < -0.4 is 14.4 Å². The highest BCUT2D eigenvalue weighted by Crippen LogP contribution is 2.31. The Bertz CT molecular complexity index is 680. The van der Waals surface area contributed by atoms with Crippen molar-refractivity contribution >= 4 is 22.9 Å². The number of rotatable bonds is 5. The maximum Gasteiger partial charge on any atom is 0.254 e. The molecule has 0 spiro atoms. The molecule has 6 heteroatoms. The number of hydrogen-bond donors (Lipinski definition) is 0. The average Bonchev–Trinajstić information content (AvgIpc) is 3.31. The first-order valence-electron chi connectivity index (χ1n) is 7.89. The number of carbonyl (C=O) groups is 1. The van der Waals surface area contributed by atoms with Crippen molar-refractivity contribution in [1.29, 1.82) is 0 Å². The molecule has 24 heavy (non-hydrogen) atoms. The number of amides is 1. The highest BCUT2D eigenvalue weighted by Gasteiger charge is 2.29. The zero-order chi connectivity index (χ0) is 17.1. The molecule has 1 fully saturated rings. The van der Waals surface area contributed by atoms with E-state index >= 15 is 0 Å². The van der Waals surface area contributed by atoms with Crippen molar-refractivity contribution in [3.63, 3.8) is 0 Å². The monoisotopic (exact) mass is 346 g/mol. The van der Waals surface area contributed by atoms with Crippen LogP contribution in [-0.4, -0.2) is 51.2 Å². The summed E-state index contributed by atoms with van der Waals surface area (Å²) in [5.74, 6) is 1.64. The number of anilines is 1. The van der Waals surface area contributed by atoms with E-state index in [1.165, 1.54) is 0 Å². The summed E-state index contributed by atoms with van der Waals surface area (Å²) in [4.78, 5) is 16.6. The van der Waals surface area contributed by atoms with Crippen LogP contribution in [0.15, 0.2) is 35.0 Å². The Balaban J connectivity index is 1.72. The van der Waals surface area contributed by atoms with E-state index < -0.39 is 0 Å². The predicted octanol–water partition coefficient (Wildman–Crippen LogP) is 3.12. The molecule has 3 rings (SSSR count). The summed E-state index contributed by atoms with van der Waals surface area (Å²) in [6.07, 6.45) is 0.950. The number of likely N-dealkylation sites (N-methyl/N-ethyl adjacent to an activating group) is 1. The van der Waals surface area contributed by atoms with Crippen molar-refractivity contribution < 1.29 is 14.3 Å². The second-order valence-electron chi connectivity index (χ2n) is 5.89. The topological polar surface area (TPSA) is 42.0 Å². The molecule has 1 aliphatic heterocycles. The zero-order valence-corrected chi connectivity index (χ0v) is 15.0. The number of benzene rings is 1. The lowest BCUT2D eigenvalue weighted by Crippen LogP contribution is -2.38.